The average molecular weight is 353 g/mol. The summed E-state index contributed by atoms with van der Waals surface area (Å²) in [6.45, 7) is 9.22. The van der Waals surface area contributed by atoms with Gasteiger partial charge in [0, 0.05) is 38.2 Å². The van der Waals surface area contributed by atoms with Gasteiger partial charge in [-0.05, 0) is 30.2 Å². The normalized spacial score (nSPS) is 17.4. The van der Waals surface area contributed by atoms with E-state index in [0.29, 0.717) is 31.0 Å². The fourth-order valence-corrected chi connectivity index (χ4v) is 3.19. The second kappa shape index (κ2) is 7.51. The third-order valence-corrected chi connectivity index (χ3v) is 4.67. The number of aromatic nitrogens is 3. The van der Waals surface area contributed by atoms with Crippen LogP contribution in [0.5, 0.6) is 0 Å². The Morgan fingerprint density at radius 2 is 2.12 bits per heavy atom. The molecule has 0 saturated carbocycles. The van der Waals surface area contributed by atoms with Crippen LogP contribution in [-0.2, 0) is 4.79 Å². The molecule has 26 heavy (non-hydrogen) atoms. The smallest absolute Gasteiger partial charge is 0.255 e. The molecule has 3 rings (SSSR count). The molecular formula is C19H23N5O2. The maximum Gasteiger partial charge on any atom is 0.255 e. The molecule has 0 spiro atoms. The largest absolute Gasteiger partial charge is 0.335 e. The van der Waals surface area contributed by atoms with Gasteiger partial charge in [-0.2, -0.15) is 5.10 Å². The lowest BCUT2D eigenvalue weighted by molar-refractivity contribution is -0.131. The zero-order chi connectivity index (χ0) is 18.7. The molecular weight excluding hydrogens is 330 g/mol. The Balaban J connectivity index is 1.73. The third-order valence-electron chi connectivity index (χ3n) is 4.67. The molecule has 0 aromatic carbocycles. The number of rotatable bonds is 4. The first-order valence-electron chi connectivity index (χ1n) is 8.69. The number of pyridine rings is 1. The minimum Gasteiger partial charge on any atom is -0.335 e. The van der Waals surface area contributed by atoms with E-state index in [-0.39, 0.29) is 23.8 Å². The van der Waals surface area contributed by atoms with Gasteiger partial charge >= 0.3 is 0 Å². The fourth-order valence-electron chi connectivity index (χ4n) is 3.19. The first-order chi connectivity index (χ1) is 12.5. The molecule has 0 bridgehead atoms. The zero-order valence-corrected chi connectivity index (χ0v) is 15.1. The predicted octanol–water partition coefficient (Wildman–Crippen LogP) is 1.76. The van der Waals surface area contributed by atoms with E-state index < -0.39 is 0 Å². The van der Waals surface area contributed by atoms with Crippen molar-refractivity contribution in [3.63, 3.8) is 0 Å². The van der Waals surface area contributed by atoms with Gasteiger partial charge in [0.2, 0.25) is 5.91 Å². The van der Waals surface area contributed by atoms with Gasteiger partial charge < -0.3 is 9.80 Å². The summed E-state index contributed by atoms with van der Waals surface area (Å²) in [5, 5.41) is 4.13. The number of hydrogen-bond donors (Lipinski definition) is 0. The van der Waals surface area contributed by atoms with E-state index in [0.717, 1.165) is 0 Å². The molecule has 136 valence electrons. The molecule has 2 amide bonds. The van der Waals surface area contributed by atoms with E-state index in [2.05, 4.69) is 30.5 Å². The molecule has 0 radical (unpaired) electrons. The van der Waals surface area contributed by atoms with Gasteiger partial charge in [0.25, 0.3) is 5.91 Å². The summed E-state index contributed by atoms with van der Waals surface area (Å²) in [6, 6.07) is 5.33. The van der Waals surface area contributed by atoms with Crippen LogP contribution in [-0.4, -0.2) is 62.1 Å². The van der Waals surface area contributed by atoms with Crippen molar-refractivity contribution in [2.24, 2.45) is 5.92 Å². The summed E-state index contributed by atoms with van der Waals surface area (Å²) in [4.78, 5) is 32.8. The van der Waals surface area contributed by atoms with E-state index in [1.807, 2.05) is 6.07 Å². The number of nitrogens with zero attached hydrogens (tertiary/aromatic N) is 5. The van der Waals surface area contributed by atoms with Gasteiger partial charge in [0.05, 0.1) is 11.6 Å². The van der Waals surface area contributed by atoms with Gasteiger partial charge in [0.15, 0.2) is 5.82 Å². The van der Waals surface area contributed by atoms with Crippen molar-refractivity contribution in [3.05, 3.63) is 55.0 Å². The fraction of sp³-hybridized carbons (Fsp3) is 0.368. The lowest BCUT2D eigenvalue weighted by Gasteiger charge is -2.43. The van der Waals surface area contributed by atoms with Crippen LogP contribution in [0.1, 0.15) is 24.2 Å². The summed E-state index contributed by atoms with van der Waals surface area (Å²) in [5.41, 5.74) is 0.534. The summed E-state index contributed by atoms with van der Waals surface area (Å²) in [7, 11) is 0. The Morgan fingerprint density at radius 1 is 1.31 bits per heavy atom. The first-order valence-corrected chi connectivity index (χ1v) is 8.69. The maximum absolute atomic E-state index is 12.9. The molecule has 7 nitrogen and oxygen atoms in total. The van der Waals surface area contributed by atoms with Gasteiger partial charge in [-0.15, -0.1) is 0 Å². The number of hydrogen-bond acceptors (Lipinski definition) is 4. The van der Waals surface area contributed by atoms with E-state index in [1.54, 1.807) is 45.2 Å². The standard InChI is InChI=1S/C19H23N5O2/c1-4-18(25)23-11-10-22(13-16(23)14(2)3)19(26)15-6-7-17(20-12-15)24-9-5-8-21-24/h4-9,12,14,16H,1,10-11,13H2,2-3H3/t16-/m1/s1. The van der Waals surface area contributed by atoms with E-state index in [4.69, 9.17) is 0 Å². The topological polar surface area (TPSA) is 71.3 Å². The minimum absolute atomic E-state index is 0.0190. The molecule has 1 fully saturated rings. The summed E-state index contributed by atoms with van der Waals surface area (Å²) >= 11 is 0. The molecule has 1 saturated heterocycles. The SMILES string of the molecule is C=CC(=O)N1CCN(C(=O)c2ccc(-n3cccn3)nc2)C[C@@H]1C(C)C. The Morgan fingerprint density at radius 3 is 2.69 bits per heavy atom. The summed E-state index contributed by atoms with van der Waals surface area (Å²) in [5.74, 6) is 0.754. The number of piperazine rings is 1. The van der Waals surface area contributed by atoms with Crippen molar-refractivity contribution in [2.45, 2.75) is 19.9 Å². The second-order valence-electron chi connectivity index (χ2n) is 6.65. The van der Waals surface area contributed by atoms with Crippen LogP contribution in [0.25, 0.3) is 5.82 Å². The average Bonchev–Trinajstić information content (AvgIpc) is 3.21. The summed E-state index contributed by atoms with van der Waals surface area (Å²) < 4.78 is 1.64. The van der Waals surface area contributed by atoms with Crippen molar-refractivity contribution in [3.8, 4) is 5.82 Å². The Labute approximate surface area is 152 Å². The first kappa shape index (κ1) is 17.8. The predicted molar refractivity (Wildman–Crippen MR) is 97.8 cm³/mol. The molecule has 1 aliphatic heterocycles. The van der Waals surface area contributed by atoms with Crippen LogP contribution in [0.15, 0.2) is 49.4 Å². The highest BCUT2D eigenvalue weighted by molar-refractivity contribution is 5.94. The molecule has 0 aliphatic carbocycles. The molecule has 1 atom stereocenters. The molecule has 7 heteroatoms. The van der Waals surface area contributed by atoms with Gasteiger partial charge in [-0.3, -0.25) is 9.59 Å². The molecule has 2 aromatic rings. The van der Waals surface area contributed by atoms with Gasteiger partial charge in [-0.1, -0.05) is 20.4 Å². The Kier molecular flexibility index (Phi) is 5.16. The lowest BCUT2D eigenvalue weighted by Crippen LogP contribution is -2.58. The Hall–Kier alpha value is -2.96. The highest BCUT2D eigenvalue weighted by atomic mass is 16.2. The molecule has 0 unspecified atom stereocenters. The lowest BCUT2D eigenvalue weighted by atomic mass is 9.99. The van der Waals surface area contributed by atoms with Crippen molar-refractivity contribution in [1.82, 2.24) is 24.6 Å². The van der Waals surface area contributed by atoms with Crippen LogP contribution in [0, 0.1) is 5.92 Å². The second-order valence-corrected chi connectivity index (χ2v) is 6.65. The van der Waals surface area contributed by atoms with Gasteiger partial charge in [0.1, 0.15) is 0 Å². The van der Waals surface area contributed by atoms with Crippen LogP contribution in [0.2, 0.25) is 0 Å². The monoisotopic (exact) mass is 353 g/mol. The molecule has 2 aromatic heterocycles. The highest BCUT2D eigenvalue weighted by Gasteiger charge is 2.33. The molecule has 3 heterocycles. The number of carbonyl (C=O) groups excluding carboxylic acids is 2. The molecule has 0 N–H and O–H groups in total. The maximum atomic E-state index is 12.9. The summed E-state index contributed by atoms with van der Waals surface area (Å²) in [6.07, 6.45) is 6.39. The van der Waals surface area contributed by atoms with Crippen LogP contribution in [0.3, 0.4) is 0 Å². The number of amides is 2. The van der Waals surface area contributed by atoms with Gasteiger partial charge in [-0.25, -0.2) is 9.67 Å². The third kappa shape index (κ3) is 3.51. The van der Waals surface area contributed by atoms with Crippen LogP contribution in [0.4, 0.5) is 0 Å². The van der Waals surface area contributed by atoms with Crippen molar-refractivity contribution >= 4 is 11.8 Å². The van der Waals surface area contributed by atoms with Crippen molar-refractivity contribution in [2.75, 3.05) is 19.6 Å². The highest BCUT2D eigenvalue weighted by Crippen LogP contribution is 2.19. The minimum atomic E-state index is -0.0824. The quantitative estimate of drug-likeness (QED) is 0.786. The van der Waals surface area contributed by atoms with Crippen LogP contribution >= 0.6 is 0 Å². The number of carbonyl (C=O) groups is 2. The van der Waals surface area contributed by atoms with Crippen molar-refractivity contribution < 1.29 is 9.59 Å². The van der Waals surface area contributed by atoms with E-state index in [1.165, 1.54) is 6.08 Å². The zero-order valence-electron chi connectivity index (χ0n) is 15.1. The van der Waals surface area contributed by atoms with Crippen LogP contribution < -0.4 is 0 Å². The van der Waals surface area contributed by atoms with Crippen molar-refractivity contribution in [1.29, 1.82) is 0 Å². The van der Waals surface area contributed by atoms with E-state index >= 15 is 0 Å². The Bertz CT molecular complexity index is 783. The van der Waals surface area contributed by atoms with E-state index in [9.17, 15) is 9.59 Å². The molecule has 1 aliphatic rings.